The molecule has 20 heteroatoms. The van der Waals surface area contributed by atoms with Gasteiger partial charge in [-0.25, -0.2) is 0 Å². The van der Waals surface area contributed by atoms with Crippen LogP contribution in [0.3, 0.4) is 0 Å². The Morgan fingerprint density at radius 2 is 1.18 bits per heavy atom. The van der Waals surface area contributed by atoms with Crippen molar-refractivity contribution in [3.63, 3.8) is 0 Å². The van der Waals surface area contributed by atoms with E-state index in [-0.39, 0.29) is 6.54 Å². The average molecular weight is 810 g/mol. The van der Waals surface area contributed by atoms with Crippen LogP contribution in [0.2, 0.25) is 0 Å². The van der Waals surface area contributed by atoms with Gasteiger partial charge in [0, 0.05) is 61.9 Å². The van der Waals surface area contributed by atoms with Crippen LogP contribution in [0.15, 0.2) is 30.8 Å². The normalized spacial score (nSPS) is 20.7. The molecule has 0 unspecified atom stereocenters. The van der Waals surface area contributed by atoms with E-state index in [9.17, 15) is 43.2 Å². The fourth-order valence-electron chi connectivity index (χ4n) is 5.44. The Hall–Kier alpha value is -5.89. The minimum atomic E-state index is -2.11. The first-order valence-electron chi connectivity index (χ1n) is 17.3. The average Bonchev–Trinajstić information content (AvgIpc) is 3.10. The molecule has 2 rings (SSSR count). The fraction of sp³-hybridized carbons (Fsp3) is 0.541. The van der Waals surface area contributed by atoms with Crippen molar-refractivity contribution in [2.75, 3.05) is 13.2 Å². The van der Waals surface area contributed by atoms with Crippen LogP contribution in [-0.2, 0) is 97.1 Å². The molecule has 1 aromatic rings. The lowest BCUT2D eigenvalue weighted by Crippen LogP contribution is -2.65. The summed E-state index contributed by atoms with van der Waals surface area (Å²) in [5, 5.41) is 2.57. The van der Waals surface area contributed by atoms with Gasteiger partial charge in [-0.3, -0.25) is 43.2 Å². The molecule has 9 atom stereocenters. The van der Waals surface area contributed by atoms with Gasteiger partial charge in [-0.2, -0.15) is 0 Å². The zero-order valence-corrected chi connectivity index (χ0v) is 32.7. The molecular weight excluding hydrogens is 762 g/mol. The SMILES string of the molecule is C=Cc1ccc(CNC(=O)[C@H](OC(C)=O)[C@H](OC(C)=O)[C@H](O[C@@H]2O[C@H](COC(C)=O)[C@H](OC(C)=O)[C@H](OC(C)=O)[C@H]2OC(C)=O)[C@@H](COC(C)=O)OC(C)=O)cc1. The predicted octanol–water partition coefficient (Wildman–Crippen LogP) is 0.772. The first-order chi connectivity index (χ1) is 26.7. The molecule has 0 saturated carbocycles. The maximum atomic E-state index is 13.9. The van der Waals surface area contributed by atoms with E-state index in [4.69, 9.17) is 47.4 Å². The zero-order chi connectivity index (χ0) is 43.0. The molecule has 0 spiro atoms. The first kappa shape index (κ1) is 47.3. The molecule has 20 nitrogen and oxygen atoms in total. The van der Waals surface area contributed by atoms with Gasteiger partial charge in [-0.1, -0.05) is 36.9 Å². The lowest BCUT2D eigenvalue weighted by atomic mass is 9.97. The van der Waals surface area contributed by atoms with Crippen molar-refractivity contribution in [1.29, 1.82) is 0 Å². The topological polar surface area (TPSA) is 258 Å². The predicted molar refractivity (Wildman–Crippen MR) is 189 cm³/mol. The van der Waals surface area contributed by atoms with Crippen molar-refractivity contribution in [3.05, 3.63) is 42.0 Å². The number of benzene rings is 1. The van der Waals surface area contributed by atoms with Gasteiger partial charge in [0.15, 0.2) is 36.8 Å². The van der Waals surface area contributed by atoms with Crippen LogP contribution in [0.1, 0.15) is 66.5 Å². The zero-order valence-electron chi connectivity index (χ0n) is 32.7. The summed E-state index contributed by atoms with van der Waals surface area (Å²) in [6, 6.07) is 6.79. The minimum Gasteiger partial charge on any atom is -0.463 e. The van der Waals surface area contributed by atoms with Crippen LogP contribution in [0, 0.1) is 0 Å². The molecule has 1 heterocycles. The largest absolute Gasteiger partial charge is 0.463 e. The Morgan fingerprint density at radius 3 is 1.67 bits per heavy atom. The van der Waals surface area contributed by atoms with Gasteiger partial charge in [0.1, 0.15) is 25.4 Å². The Kier molecular flexibility index (Phi) is 18.7. The van der Waals surface area contributed by atoms with Crippen LogP contribution in [0.4, 0.5) is 0 Å². The number of amides is 1. The number of nitrogens with one attached hydrogen (secondary N) is 1. The van der Waals surface area contributed by atoms with Crippen LogP contribution < -0.4 is 5.32 Å². The Morgan fingerprint density at radius 1 is 0.649 bits per heavy atom. The van der Waals surface area contributed by atoms with Crippen molar-refractivity contribution in [2.24, 2.45) is 0 Å². The van der Waals surface area contributed by atoms with E-state index in [1.165, 1.54) is 0 Å². The molecule has 0 bridgehead atoms. The van der Waals surface area contributed by atoms with E-state index in [1.807, 2.05) is 0 Å². The molecule has 1 fully saturated rings. The highest BCUT2D eigenvalue weighted by Gasteiger charge is 2.56. The fourth-order valence-corrected chi connectivity index (χ4v) is 5.44. The van der Waals surface area contributed by atoms with Crippen molar-refractivity contribution in [3.8, 4) is 0 Å². The number of hydrogen-bond donors (Lipinski definition) is 1. The van der Waals surface area contributed by atoms with Gasteiger partial charge in [0.25, 0.3) is 5.91 Å². The standard InChI is InChI=1S/C37H47NO19/c1-10-26-11-13-27(14-12-26)15-38-36(47)34(54-24(8)45)32(52-22(6)43)31(28(50-20(4)41)16-48-18(2)39)57-37-35(55-25(9)46)33(53-23(7)44)30(51-21(5)42)29(56-37)17-49-19(3)40/h10-14,28-35,37H,1,15-17H2,2-9H3,(H,38,47)/t28-,29-,30+,31-,32-,33+,34-,35-,37+/m1/s1. The Labute approximate surface area is 327 Å². The van der Waals surface area contributed by atoms with Crippen LogP contribution in [0.25, 0.3) is 6.08 Å². The summed E-state index contributed by atoms with van der Waals surface area (Å²) < 4.78 is 55.2. The van der Waals surface area contributed by atoms with Gasteiger partial charge < -0.3 is 52.7 Å². The second-order valence-corrected chi connectivity index (χ2v) is 12.4. The monoisotopic (exact) mass is 809 g/mol. The summed E-state index contributed by atoms with van der Waals surface area (Å²) in [5.74, 6) is -8.85. The van der Waals surface area contributed by atoms with Gasteiger partial charge in [-0.15, -0.1) is 0 Å². The molecule has 0 radical (unpaired) electrons. The third kappa shape index (κ3) is 16.0. The molecule has 1 aliphatic rings. The van der Waals surface area contributed by atoms with Gasteiger partial charge in [0.2, 0.25) is 6.10 Å². The maximum Gasteiger partial charge on any atom is 0.303 e. The summed E-state index contributed by atoms with van der Waals surface area (Å²) in [6.07, 6.45) is -15.3. The molecule has 1 saturated heterocycles. The molecule has 0 aliphatic carbocycles. The van der Waals surface area contributed by atoms with Crippen molar-refractivity contribution >= 4 is 59.7 Å². The number of rotatable bonds is 19. The van der Waals surface area contributed by atoms with E-state index >= 15 is 0 Å². The first-order valence-corrected chi connectivity index (χ1v) is 17.3. The second kappa shape index (κ2) is 22.6. The third-order valence-corrected chi connectivity index (χ3v) is 7.53. The van der Waals surface area contributed by atoms with Crippen LogP contribution in [-0.4, -0.2) is 122 Å². The maximum absolute atomic E-state index is 13.9. The number of carbonyl (C=O) groups excluding carboxylic acids is 9. The van der Waals surface area contributed by atoms with Crippen molar-refractivity contribution in [1.82, 2.24) is 5.32 Å². The third-order valence-electron chi connectivity index (χ3n) is 7.53. The van der Waals surface area contributed by atoms with Gasteiger partial charge in [0.05, 0.1) is 0 Å². The van der Waals surface area contributed by atoms with Crippen LogP contribution >= 0.6 is 0 Å². The second-order valence-electron chi connectivity index (χ2n) is 12.4. The molecule has 1 aliphatic heterocycles. The van der Waals surface area contributed by atoms with Crippen LogP contribution in [0.5, 0.6) is 0 Å². The Balaban J connectivity index is 2.87. The molecule has 314 valence electrons. The highest BCUT2D eigenvalue weighted by atomic mass is 16.8. The summed E-state index contributed by atoms with van der Waals surface area (Å²) in [7, 11) is 0. The quantitative estimate of drug-likeness (QED) is 0.149. The smallest absolute Gasteiger partial charge is 0.303 e. The number of ether oxygens (including phenoxy) is 10. The number of hydrogen-bond acceptors (Lipinski definition) is 19. The van der Waals surface area contributed by atoms with E-state index in [1.54, 1.807) is 30.3 Å². The molecular formula is C37H47NO19. The molecule has 1 amide bonds. The molecule has 0 aromatic heterocycles. The minimum absolute atomic E-state index is 0.146. The highest BCUT2D eigenvalue weighted by molar-refractivity contribution is 5.84. The lowest BCUT2D eigenvalue weighted by Gasteiger charge is -2.46. The lowest BCUT2D eigenvalue weighted by molar-refractivity contribution is -0.331. The van der Waals surface area contributed by atoms with Crippen molar-refractivity contribution < 1.29 is 90.5 Å². The van der Waals surface area contributed by atoms with Gasteiger partial charge >= 0.3 is 47.8 Å². The summed E-state index contributed by atoms with van der Waals surface area (Å²) in [6.45, 7) is 9.86. The van der Waals surface area contributed by atoms with E-state index in [0.717, 1.165) is 61.0 Å². The summed E-state index contributed by atoms with van der Waals surface area (Å²) >= 11 is 0. The number of esters is 8. The molecule has 57 heavy (non-hydrogen) atoms. The van der Waals surface area contributed by atoms with E-state index in [0.29, 0.717) is 5.56 Å². The summed E-state index contributed by atoms with van der Waals surface area (Å²) in [5.41, 5.74) is 1.36. The van der Waals surface area contributed by atoms with Crippen molar-refractivity contribution in [2.45, 2.75) is 117 Å². The summed E-state index contributed by atoms with van der Waals surface area (Å²) in [4.78, 5) is 113. The van der Waals surface area contributed by atoms with E-state index < -0.39 is 122 Å². The molecule has 1 N–H and O–H groups in total. The molecule has 1 aromatic carbocycles. The van der Waals surface area contributed by atoms with Gasteiger partial charge in [-0.05, 0) is 11.1 Å². The number of carbonyl (C=O) groups is 9. The highest BCUT2D eigenvalue weighted by Crippen LogP contribution is 2.33. The Bertz CT molecular complexity index is 1640. The van der Waals surface area contributed by atoms with E-state index in [2.05, 4.69) is 11.9 Å².